The predicted molar refractivity (Wildman–Crippen MR) is 154 cm³/mol. The molecular weight excluding hydrogens is 603 g/mol. The molecule has 0 atom stereocenters. The van der Waals surface area contributed by atoms with E-state index in [-0.39, 0.29) is 11.4 Å². The van der Waals surface area contributed by atoms with Gasteiger partial charge in [-0.1, -0.05) is 36.4 Å². The van der Waals surface area contributed by atoms with Gasteiger partial charge in [-0.3, -0.25) is 19.3 Å². The molecule has 1 aliphatic rings. The van der Waals surface area contributed by atoms with Crippen molar-refractivity contribution in [2.24, 2.45) is 0 Å². The molecule has 0 aliphatic carbocycles. The number of imide groups is 1. The Balaban J connectivity index is 1.43. The zero-order valence-electron chi connectivity index (χ0n) is 20.5. The number of methoxy groups -OCH3 is 1. The van der Waals surface area contributed by atoms with E-state index in [1.807, 2.05) is 56.3 Å². The summed E-state index contributed by atoms with van der Waals surface area (Å²) in [6, 6.07) is 19.0. The molecule has 0 spiro atoms. The van der Waals surface area contributed by atoms with Crippen LogP contribution < -0.4 is 14.8 Å². The number of carbonyl (C=O) groups excluding carboxylic acids is 3. The molecule has 4 rings (SSSR count). The van der Waals surface area contributed by atoms with E-state index in [2.05, 4.69) is 27.9 Å². The molecule has 1 fully saturated rings. The fourth-order valence-electron chi connectivity index (χ4n) is 3.76. The monoisotopic (exact) mass is 628 g/mol. The molecule has 190 valence electrons. The van der Waals surface area contributed by atoms with E-state index in [4.69, 9.17) is 9.47 Å². The number of aryl methyl sites for hydroxylation is 2. The summed E-state index contributed by atoms with van der Waals surface area (Å²) in [5.74, 6) is 0.128. The van der Waals surface area contributed by atoms with Crippen molar-refractivity contribution in [1.82, 2.24) is 4.90 Å². The Morgan fingerprint density at radius 1 is 1.03 bits per heavy atom. The molecule has 3 aromatic rings. The second-order valence-corrected chi connectivity index (χ2v) is 10.6. The van der Waals surface area contributed by atoms with Crippen LogP contribution >= 0.6 is 34.4 Å². The van der Waals surface area contributed by atoms with Crippen molar-refractivity contribution in [3.63, 3.8) is 0 Å². The molecule has 37 heavy (non-hydrogen) atoms. The predicted octanol–water partition coefficient (Wildman–Crippen LogP) is 6.17. The van der Waals surface area contributed by atoms with Crippen LogP contribution in [-0.4, -0.2) is 35.6 Å². The lowest BCUT2D eigenvalue weighted by molar-refractivity contribution is -0.127. The number of rotatable bonds is 8. The fourth-order valence-corrected chi connectivity index (χ4v) is 4.95. The lowest BCUT2D eigenvalue weighted by Crippen LogP contribution is -2.36. The molecule has 0 radical (unpaired) electrons. The van der Waals surface area contributed by atoms with Gasteiger partial charge in [-0.05, 0) is 101 Å². The van der Waals surface area contributed by atoms with E-state index in [9.17, 15) is 14.4 Å². The van der Waals surface area contributed by atoms with Crippen LogP contribution in [0.4, 0.5) is 10.5 Å². The fraction of sp³-hybridized carbons (Fsp3) is 0.179. The zero-order chi connectivity index (χ0) is 26.5. The largest absolute Gasteiger partial charge is 0.493 e. The van der Waals surface area contributed by atoms with E-state index in [1.54, 1.807) is 31.4 Å². The quantitative estimate of drug-likeness (QED) is 0.237. The van der Waals surface area contributed by atoms with Crippen LogP contribution in [0.2, 0.25) is 0 Å². The number of halogens is 1. The highest BCUT2D eigenvalue weighted by atomic mass is 127. The van der Waals surface area contributed by atoms with Crippen molar-refractivity contribution in [2.75, 3.05) is 19.0 Å². The molecule has 7 nitrogen and oxygen atoms in total. The summed E-state index contributed by atoms with van der Waals surface area (Å²) in [6.07, 6.45) is 1.61. The number of para-hydroxylation sites is 1. The lowest BCUT2D eigenvalue weighted by atomic mass is 10.1. The topological polar surface area (TPSA) is 84.9 Å². The Bertz CT molecular complexity index is 1370. The summed E-state index contributed by atoms with van der Waals surface area (Å²) in [5.41, 5.74) is 4.20. The summed E-state index contributed by atoms with van der Waals surface area (Å²) >= 11 is 3.05. The number of carbonyl (C=O) groups is 3. The molecule has 1 N–H and O–H groups in total. The van der Waals surface area contributed by atoms with Crippen LogP contribution in [0.5, 0.6) is 11.5 Å². The Hall–Kier alpha value is -3.31. The molecule has 0 bridgehead atoms. The molecule has 3 amide bonds. The van der Waals surface area contributed by atoms with Crippen LogP contribution in [-0.2, 0) is 16.2 Å². The van der Waals surface area contributed by atoms with Gasteiger partial charge in [0.25, 0.3) is 11.1 Å². The van der Waals surface area contributed by atoms with E-state index in [0.29, 0.717) is 29.4 Å². The van der Waals surface area contributed by atoms with Gasteiger partial charge in [0.05, 0.1) is 12.0 Å². The van der Waals surface area contributed by atoms with Crippen molar-refractivity contribution in [1.29, 1.82) is 0 Å². The van der Waals surface area contributed by atoms with Crippen molar-refractivity contribution >= 4 is 63.2 Å². The highest BCUT2D eigenvalue weighted by molar-refractivity contribution is 14.1. The normalized spacial score (nSPS) is 14.3. The second kappa shape index (κ2) is 11.8. The molecule has 1 aliphatic heterocycles. The number of nitrogens with one attached hydrogen (secondary N) is 1. The minimum Gasteiger partial charge on any atom is -0.493 e. The maximum atomic E-state index is 12.9. The van der Waals surface area contributed by atoms with E-state index < -0.39 is 17.1 Å². The molecule has 9 heteroatoms. The van der Waals surface area contributed by atoms with Gasteiger partial charge in [0.15, 0.2) is 11.5 Å². The van der Waals surface area contributed by atoms with Gasteiger partial charge in [-0.2, -0.15) is 0 Å². The average molecular weight is 628 g/mol. The molecule has 0 saturated carbocycles. The smallest absolute Gasteiger partial charge is 0.294 e. The summed E-state index contributed by atoms with van der Waals surface area (Å²) in [5, 5.41) is 2.33. The Labute approximate surface area is 233 Å². The maximum Gasteiger partial charge on any atom is 0.294 e. The molecular formula is C28H25IN2O5S. The summed E-state index contributed by atoms with van der Waals surface area (Å²) < 4.78 is 12.5. The van der Waals surface area contributed by atoms with E-state index in [1.165, 1.54) is 0 Å². The number of hydrogen-bond donors (Lipinski definition) is 1. The van der Waals surface area contributed by atoms with Crippen LogP contribution in [0.1, 0.15) is 22.3 Å². The lowest BCUT2D eigenvalue weighted by Gasteiger charge is -2.15. The third kappa shape index (κ3) is 6.53. The van der Waals surface area contributed by atoms with Crippen LogP contribution in [0.15, 0.2) is 65.6 Å². The number of ether oxygens (including phenoxy) is 2. The first-order valence-corrected chi connectivity index (χ1v) is 13.3. The van der Waals surface area contributed by atoms with Gasteiger partial charge in [0.1, 0.15) is 13.2 Å². The Morgan fingerprint density at radius 3 is 2.41 bits per heavy atom. The number of thioether (sulfide) groups is 1. The van der Waals surface area contributed by atoms with Gasteiger partial charge in [0.2, 0.25) is 5.91 Å². The third-order valence-corrected chi connectivity index (χ3v) is 7.34. The number of amides is 3. The molecule has 3 aromatic carbocycles. The molecule has 0 unspecified atom stereocenters. The standard InChI is InChI=1S/C28H25IN2O5S/c1-17-5-4-6-18(2)26(17)30-25(32)15-31-27(33)24(37-28(31)34)14-20-9-12-22(23(13-20)35-3)36-16-19-7-10-21(29)11-8-19/h4-14H,15-16H2,1-3H3,(H,30,32)/b24-14-. The minimum absolute atomic E-state index is 0.236. The van der Waals surface area contributed by atoms with Crippen molar-refractivity contribution in [3.8, 4) is 11.5 Å². The highest BCUT2D eigenvalue weighted by Gasteiger charge is 2.36. The number of hydrogen-bond acceptors (Lipinski definition) is 6. The second-order valence-electron chi connectivity index (χ2n) is 8.41. The maximum absolute atomic E-state index is 12.9. The van der Waals surface area contributed by atoms with Gasteiger partial charge < -0.3 is 14.8 Å². The number of nitrogens with zero attached hydrogens (tertiary/aromatic N) is 1. The highest BCUT2D eigenvalue weighted by Crippen LogP contribution is 2.35. The third-order valence-electron chi connectivity index (χ3n) is 5.71. The average Bonchev–Trinajstić information content (AvgIpc) is 3.13. The van der Waals surface area contributed by atoms with Gasteiger partial charge in [-0.15, -0.1) is 0 Å². The first-order valence-electron chi connectivity index (χ1n) is 11.4. The number of anilines is 1. The summed E-state index contributed by atoms with van der Waals surface area (Å²) in [4.78, 5) is 39.3. The Morgan fingerprint density at radius 2 is 1.73 bits per heavy atom. The van der Waals surface area contributed by atoms with Crippen LogP contribution in [0.3, 0.4) is 0 Å². The molecule has 1 heterocycles. The van der Waals surface area contributed by atoms with Gasteiger partial charge >= 0.3 is 0 Å². The van der Waals surface area contributed by atoms with Crippen LogP contribution in [0, 0.1) is 17.4 Å². The van der Waals surface area contributed by atoms with E-state index in [0.717, 1.165) is 36.9 Å². The first-order chi connectivity index (χ1) is 17.7. The summed E-state index contributed by atoms with van der Waals surface area (Å²) in [7, 11) is 1.54. The van der Waals surface area contributed by atoms with E-state index >= 15 is 0 Å². The molecule has 0 aromatic heterocycles. The summed E-state index contributed by atoms with van der Waals surface area (Å²) in [6.45, 7) is 3.80. The zero-order valence-corrected chi connectivity index (χ0v) is 23.5. The van der Waals surface area contributed by atoms with Crippen molar-refractivity contribution in [2.45, 2.75) is 20.5 Å². The number of benzene rings is 3. The SMILES string of the molecule is COc1cc(/C=C2\SC(=O)N(CC(=O)Nc3c(C)cccc3C)C2=O)ccc1OCc1ccc(I)cc1. The van der Waals surface area contributed by atoms with Gasteiger partial charge in [0, 0.05) is 9.26 Å². The minimum atomic E-state index is -0.510. The van der Waals surface area contributed by atoms with Crippen molar-refractivity contribution in [3.05, 3.63) is 91.4 Å². The Kier molecular flexibility index (Phi) is 8.55. The molecule has 1 saturated heterocycles. The van der Waals surface area contributed by atoms with Gasteiger partial charge in [-0.25, -0.2) is 0 Å². The van der Waals surface area contributed by atoms with Crippen molar-refractivity contribution < 1.29 is 23.9 Å². The van der Waals surface area contributed by atoms with Crippen LogP contribution in [0.25, 0.3) is 6.08 Å². The first kappa shape index (κ1) is 26.7.